The van der Waals surface area contributed by atoms with Crippen LogP contribution in [0.15, 0.2) is 48.5 Å². The summed E-state index contributed by atoms with van der Waals surface area (Å²) < 4.78 is 0. The molecular weight excluding hydrogens is 322 g/mol. The number of hydrogen-bond acceptors (Lipinski definition) is 3. The van der Waals surface area contributed by atoms with Crippen molar-refractivity contribution in [1.82, 2.24) is 10.2 Å². The van der Waals surface area contributed by atoms with E-state index in [0.29, 0.717) is 5.56 Å². The summed E-state index contributed by atoms with van der Waals surface area (Å²) in [7, 11) is 2.10. The van der Waals surface area contributed by atoms with Crippen LogP contribution in [0.25, 0.3) is 11.1 Å². The second-order valence-electron chi connectivity index (χ2n) is 7.12. The van der Waals surface area contributed by atoms with E-state index in [1.165, 1.54) is 0 Å². The largest absolute Gasteiger partial charge is 0.349 e. The van der Waals surface area contributed by atoms with Crippen LogP contribution < -0.4 is 5.32 Å². The standard InChI is InChI=1S/C22H25N3O/c1-16(24-22(26)20-10-12-25(2)13-11-20)18-6-8-19(9-7-18)21-5-3-4-17(14-21)15-23/h3-9,14,16,20H,10-13H2,1-2H3,(H,24,26)/t16-/m1/s1. The number of benzene rings is 2. The lowest BCUT2D eigenvalue weighted by molar-refractivity contribution is -0.127. The molecule has 1 aliphatic heterocycles. The Morgan fingerprint density at radius 1 is 1.15 bits per heavy atom. The third-order valence-corrected chi connectivity index (χ3v) is 5.18. The van der Waals surface area contributed by atoms with Crippen LogP contribution in [0.1, 0.15) is 36.9 Å². The molecule has 0 saturated carbocycles. The fourth-order valence-electron chi connectivity index (χ4n) is 3.42. The first-order chi connectivity index (χ1) is 12.6. The van der Waals surface area contributed by atoms with Crippen molar-refractivity contribution in [2.75, 3.05) is 20.1 Å². The number of nitriles is 1. The highest BCUT2D eigenvalue weighted by molar-refractivity contribution is 5.79. The molecule has 0 spiro atoms. The average molecular weight is 347 g/mol. The Hall–Kier alpha value is -2.64. The van der Waals surface area contributed by atoms with Gasteiger partial charge in [0.2, 0.25) is 5.91 Å². The van der Waals surface area contributed by atoms with Crippen molar-refractivity contribution in [2.24, 2.45) is 5.92 Å². The highest BCUT2D eigenvalue weighted by Gasteiger charge is 2.24. The summed E-state index contributed by atoms with van der Waals surface area (Å²) in [4.78, 5) is 14.8. The van der Waals surface area contributed by atoms with Crippen LogP contribution in [0, 0.1) is 17.2 Å². The molecule has 2 aromatic carbocycles. The molecule has 4 heteroatoms. The molecule has 1 N–H and O–H groups in total. The van der Waals surface area contributed by atoms with E-state index in [0.717, 1.165) is 42.6 Å². The lowest BCUT2D eigenvalue weighted by atomic mass is 9.95. The molecule has 1 amide bonds. The Morgan fingerprint density at radius 2 is 1.85 bits per heavy atom. The SMILES string of the molecule is C[C@@H](NC(=O)C1CCN(C)CC1)c1ccc(-c2cccc(C#N)c2)cc1. The Morgan fingerprint density at radius 3 is 2.50 bits per heavy atom. The highest BCUT2D eigenvalue weighted by atomic mass is 16.1. The summed E-state index contributed by atoms with van der Waals surface area (Å²) in [6, 6.07) is 17.9. The van der Waals surface area contributed by atoms with Gasteiger partial charge in [-0.3, -0.25) is 4.79 Å². The van der Waals surface area contributed by atoms with Gasteiger partial charge in [-0.1, -0.05) is 36.4 Å². The fraction of sp³-hybridized carbons (Fsp3) is 0.364. The minimum atomic E-state index is -0.0124. The van der Waals surface area contributed by atoms with Gasteiger partial charge in [0.05, 0.1) is 17.7 Å². The maximum absolute atomic E-state index is 12.5. The zero-order chi connectivity index (χ0) is 18.5. The molecule has 0 unspecified atom stereocenters. The van der Waals surface area contributed by atoms with Crippen molar-refractivity contribution in [3.05, 3.63) is 59.7 Å². The fourth-order valence-corrected chi connectivity index (χ4v) is 3.42. The quantitative estimate of drug-likeness (QED) is 0.916. The normalized spacial score (nSPS) is 16.7. The van der Waals surface area contributed by atoms with Crippen LogP contribution in [0.3, 0.4) is 0 Å². The lowest BCUT2D eigenvalue weighted by Gasteiger charge is -2.29. The predicted molar refractivity (Wildman–Crippen MR) is 103 cm³/mol. The monoisotopic (exact) mass is 347 g/mol. The third kappa shape index (κ3) is 4.30. The molecule has 0 radical (unpaired) electrons. The van der Waals surface area contributed by atoms with Crippen LogP contribution in [0.4, 0.5) is 0 Å². The van der Waals surface area contributed by atoms with E-state index in [2.05, 4.69) is 23.3 Å². The molecule has 1 heterocycles. The van der Waals surface area contributed by atoms with Crippen molar-refractivity contribution < 1.29 is 4.79 Å². The van der Waals surface area contributed by atoms with Gasteiger partial charge in [0.15, 0.2) is 0 Å². The maximum Gasteiger partial charge on any atom is 0.223 e. The van der Waals surface area contributed by atoms with Gasteiger partial charge in [0.1, 0.15) is 0 Å². The number of likely N-dealkylation sites (tertiary alicyclic amines) is 1. The second-order valence-corrected chi connectivity index (χ2v) is 7.12. The maximum atomic E-state index is 12.5. The number of nitrogens with zero attached hydrogens (tertiary/aromatic N) is 2. The van der Waals surface area contributed by atoms with E-state index in [9.17, 15) is 4.79 Å². The minimum Gasteiger partial charge on any atom is -0.349 e. The molecule has 0 bridgehead atoms. The molecule has 2 aromatic rings. The van der Waals surface area contributed by atoms with Crippen LogP contribution in [0.2, 0.25) is 0 Å². The van der Waals surface area contributed by atoms with Gasteiger partial charge in [0, 0.05) is 5.92 Å². The average Bonchev–Trinajstić information content (AvgIpc) is 2.68. The van der Waals surface area contributed by atoms with Gasteiger partial charge in [0.25, 0.3) is 0 Å². The van der Waals surface area contributed by atoms with Gasteiger partial charge in [-0.05, 0) is 68.7 Å². The van der Waals surface area contributed by atoms with Gasteiger partial charge in [-0.15, -0.1) is 0 Å². The predicted octanol–water partition coefficient (Wildman–Crippen LogP) is 3.74. The van der Waals surface area contributed by atoms with Crippen molar-refractivity contribution >= 4 is 5.91 Å². The molecule has 1 fully saturated rings. The Kier molecular flexibility index (Phi) is 5.70. The van der Waals surface area contributed by atoms with Crippen molar-refractivity contribution in [1.29, 1.82) is 5.26 Å². The number of carbonyl (C=O) groups is 1. The van der Waals surface area contributed by atoms with E-state index >= 15 is 0 Å². The van der Waals surface area contributed by atoms with Gasteiger partial charge < -0.3 is 10.2 Å². The Bertz CT molecular complexity index is 799. The number of hydrogen-bond donors (Lipinski definition) is 1. The van der Waals surface area contributed by atoms with Crippen LogP contribution in [0.5, 0.6) is 0 Å². The third-order valence-electron chi connectivity index (χ3n) is 5.18. The zero-order valence-electron chi connectivity index (χ0n) is 15.4. The summed E-state index contributed by atoms with van der Waals surface area (Å²) in [5.41, 5.74) is 3.84. The molecule has 3 rings (SSSR count). The van der Waals surface area contributed by atoms with Crippen molar-refractivity contribution in [2.45, 2.75) is 25.8 Å². The second kappa shape index (κ2) is 8.16. The molecular formula is C22H25N3O. The number of amides is 1. The molecule has 4 nitrogen and oxygen atoms in total. The molecule has 1 aliphatic rings. The Labute approximate surface area is 155 Å². The van der Waals surface area contributed by atoms with Gasteiger partial charge >= 0.3 is 0 Å². The Balaban J connectivity index is 1.64. The first-order valence-electron chi connectivity index (χ1n) is 9.16. The smallest absolute Gasteiger partial charge is 0.223 e. The van der Waals surface area contributed by atoms with Crippen LogP contribution in [-0.2, 0) is 4.79 Å². The molecule has 0 aromatic heterocycles. The first kappa shape index (κ1) is 18.2. The topological polar surface area (TPSA) is 56.1 Å². The number of nitrogens with one attached hydrogen (secondary N) is 1. The molecule has 1 saturated heterocycles. The van der Waals surface area contributed by atoms with E-state index in [1.807, 2.05) is 49.4 Å². The lowest BCUT2D eigenvalue weighted by Crippen LogP contribution is -2.39. The van der Waals surface area contributed by atoms with E-state index in [4.69, 9.17) is 5.26 Å². The summed E-state index contributed by atoms with van der Waals surface area (Å²) in [6.07, 6.45) is 1.87. The minimum absolute atomic E-state index is 0.0124. The van der Waals surface area contributed by atoms with Gasteiger partial charge in [-0.25, -0.2) is 0 Å². The van der Waals surface area contributed by atoms with E-state index in [-0.39, 0.29) is 17.9 Å². The van der Waals surface area contributed by atoms with E-state index < -0.39 is 0 Å². The van der Waals surface area contributed by atoms with Crippen LogP contribution in [-0.4, -0.2) is 30.9 Å². The number of piperidine rings is 1. The van der Waals surface area contributed by atoms with E-state index in [1.54, 1.807) is 6.07 Å². The summed E-state index contributed by atoms with van der Waals surface area (Å²) in [5, 5.41) is 12.2. The zero-order valence-corrected chi connectivity index (χ0v) is 15.4. The van der Waals surface area contributed by atoms with Crippen molar-refractivity contribution in [3.8, 4) is 17.2 Å². The summed E-state index contributed by atoms with van der Waals surface area (Å²) in [5.74, 6) is 0.290. The summed E-state index contributed by atoms with van der Waals surface area (Å²) in [6.45, 7) is 4.00. The molecule has 0 aliphatic carbocycles. The highest BCUT2D eigenvalue weighted by Crippen LogP contribution is 2.24. The molecule has 134 valence electrons. The number of carbonyl (C=O) groups excluding carboxylic acids is 1. The van der Waals surface area contributed by atoms with Crippen LogP contribution >= 0.6 is 0 Å². The van der Waals surface area contributed by atoms with Gasteiger partial charge in [-0.2, -0.15) is 5.26 Å². The van der Waals surface area contributed by atoms with Crippen molar-refractivity contribution in [3.63, 3.8) is 0 Å². The summed E-state index contributed by atoms with van der Waals surface area (Å²) >= 11 is 0. The molecule has 26 heavy (non-hydrogen) atoms. The molecule has 1 atom stereocenters. The first-order valence-corrected chi connectivity index (χ1v) is 9.16. The number of rotatable bonds is 4.